The molecule has 4 unspecified atom stereocenters. The quantitative estimate of drug-likeness (QED) is 0.348. The number of aromatic amines is 1. The topological polar surface area (TPSA) is 91.6 Å². The molecule has 4 atom stereocenters. The van der Waals surface area contributed by atoms with E-state index in [1.54, 1.807) is 6.20 Å². The molecule has 1 aromatic heterocycles. The van der Waals surface area contributed by atoms with Crippen LogP contribution in [-0.4, -0.2) is 34.6 Å². The Morgan fingerprint density at radius 1 is 0.806 bits per heavy atom. The maximum absolute atomic E-state index is 6.76. The van der Waals surface area contributed by atoms with Crippen molar-refractivity contribution in [2.75, 3.05) is 12.3 Å². The molecule has 0 bridgehead atoms. The molecule has 2 heterocycles. The van der Waals surface area contributed by atoms with Crippen molar-refractivity contribution >= 4 is 5.82 Å². The van der Waals surface area contributed by atoms with E-state index < -0.39 is 11.2 Å². The van der Waals surface area contributed by atoms with E-state index in [9.17, 15) is 0 Å². The maximum Gasteiger partial charge on any atom is 0.161 e. The molecule has 7 nitrogen and oxygen atoms in total. The molecule has 2 aliphatic rings. The van der Waals surface area contributed by atoms with Crippen molar-refractivity contribution in [3.05, 3.63) is 119 Å². The third-order valence-electron chi connectivity index (χ3n) is 7.13. The second-order valence-corrected chi connectivity index (χ2v) is 9.31. The summed E-state index contributed by atoms with van der Waals surface area (Å²) < 4.78 is 26.3. The number of anilines is 1. The molecule has 1 aliphatic heterocycles. The van der Waals surface area contributed by atoms with Crippen LogP contribution in [0.25, 0.3) is 0 Å². The SMILES string of the molecule is Nc1[nH]ncc1C1(OCc2ccccc2)COC2C(OCc3ccccc3)C21OCc1ccccc1. The summed E-state index contributed by atoms with van der Waals surface area (Å²) >= 11 is 0. The van der Waals surface area contributed by atoms with Crippen molar-refractivity contribution in [3.63, 3.8) is 0 Å². The summed E-state index contributed by atoms with van der Waals surface area (Å²) in [7, 11) is 0. The summed E-state index contributed by atoms with van der Waals surface area (Å²) in [6.07, 6.45) is 1.09. The molecular weight excluding hydrogens is 454 g/mol. The average molecular weight is 484 g/mol. The Kier molecular flexibility index (Phi) is 6.07. The molecule has 2 fully saturated rings. The van der Waals surface area contributed by atoms with Crippen LogP contribution in [-0.2, 0) is 44.4 Å². The summed E-state index contributed by atoms with van der Waals surface area (Å²) in [5.41, 5.74) is 8.41. The molecule has 1 aliphatic carbocycles. The van der Waals surface area contributed by atoms with Gasteiger partial charge < -0.3 is 24.7 Å². The van der Waals surface area contributed by atoms with Gasteiger partial charge in [0.1, 0.15) is 18.0 Å². The van der Waals surface area contributed by atoms with E-state index in [2.05, 4.69) is 10.2 Å². The van der Waals surface area contributed by atoms with Gasteiger partial charge in [-0.2, -0.15) is 5.10 Å². The summed E-state index contributed by atoms with van der Waals surface area (Å²) in [6, 6.07) is 30.2. The average Bonchev–Trinajstić information content (AvgIpc) is 3.16. The molecule has 0 amide bonds. The standard InChI is InChI=1S/C29H29N3O4/c30-27-24(16-31-32-27)28(35-18-22-12-6-2-7-13-22)20-34-26-25(33-17-21-10-4-1-5-11-21)29(26,28)36-19-23-14-8-3-9-15-23/h1-16,25-26H,17-20H2,(H3,30,31,32). The predicted molar refractivity (Wildman–Crippen MR) is 135 cm³/mol. The van der Waals surface area contributed by atoms with Crippen molar-refractivity contribution in [2.24, 2.45) is 0 Å². The van der Waals surface area contributed by atoms with Crippen LogP contribution in [0.5, 0.6) is 0 Å². The monoisotopic (exact) mass is 483 g/mol. The molecule has 3 aromatic carbocycles. The first-order valence-electron chi connectivity index (χ1n) is 12.2. The van der Waals surface area contributed by atoms with Crippen LogP contribution < -0.4 is 5.73 Å². The molecular formula is C29H29N3O4. The zero-order valence-electron chi connectivity index (χ0n) is 19.9. The summed E-state index contributed by atoms with van der Waals surface area (Å²) in [5.74, 6) is 0.434. The molecule has 1 saturated heterocycles. The second-order valence-electron chi connectivity index (χ2n) is 9.31. The Bertz CT molecular complexity index is 1280. The van der Waals surface area contributed by atoms with Gasteiger partial charge in [-0.05, 0) is 16.7 Å². The number of hydrogen-bond donors (Lipinski definition) is 2. The summed E-state index contributed by atoms with van der Waals surface area (Å²) in [4.78, 5) is 0. The molecule has 0 radical (unpaired) electrons. The van der Waals surface area contributed by atoms with Crippen molar-refractivity contribution in [3.8, 4) is 0 Å². The lowest BCUT2D eigenvalue weighted by Crippen LogP contribution is -2.49. The van der Waals surface area contributed by atoms with Gasteiger partial charge in [-0.3, -0.25) is 5.10 Å². The third-order valence-corrected chi connectivity index (χ3v) is 7.13. The van der Waals surface area contributed by atoms with Gasteiger partial charge in [0.25, 0.3) is 0 Å². The van der Waals surface area contributed by atoms with E-state index in [0.29, 0.717) is 25.6 Å². The van der Waals surface area contributed by atoms with Gasteiger partial charge >= 0.3 is 0 Å². The predicted octanol–water partition coefficient (Wildman–Crippen LogP) is 4.36. The summed E-state index contributed by atoms with van der Waals surface area (Å²) in [5, 5.41) is 7.07. The lowest BCUT2D eigenvalue weighted by molar-refractivity contribution is -0.192. The van der Waals surface area contributed by atoms with Gasteiger partial charge in [0, 0.05) is 0 Å². The first kappa shape index (κ1) is 22.9. The number of nitrogens with zero attached hydrogens (tertiary/aromatic N) is 1. The number of nitrogens with two attached hydrogens (primary N) is 1. The van der Waals surface area contributed by atoms with Crippen molar-refractivity contribution in [1.29, 1.82) is 0 Å². The summed E-state index contributed by atoms with van der Waals surface area (Å²) in [6.45, 7) is 1.48. The number of aromatic nitrogens is 2. The van der Waals surface area contributed by atoms with Crippen LogP contribution in [0.3, 0.4) is 0 Å². The van der Waals surface area contributed by atoms with Gasteiger partial charge in [-0.1, -0.05) is 91.0 Å². The van der Waals surface area contributed by atoms with E-state index in [1.807, 2.05) is 91.0 Å². The van der Waals surface area contributed by atoms with Crippen molar-refractivity contribution < 1.29 is 18.9 Å². The van der Waals surface area contributed by atoms with Gasteiger partial charge in [-0.15, -0.1) is 0 Å². The zero-order valence-corrected chi connectivity index (χ0v) is 19.9. The molecule has 36 heavy (non-hydrogen) atoms. The van der Waals surface area contributed by atoms with Crippen molar-refractivity contribution in [1.82, 2.24) is 10.2 Å². The largest absolute Gasteiger partial charge is 0.384 e. The van der Waals surface area contributed by atoms with Gasteiger partial charge in [0.15, 0.2) is 11.2 Å². The minimum Gasteiger partial charge on any atom is -0.384 e. The number of fused-ring (bicyclic) bond motifs is 1. The maximum atomic E-state index is 6.76. The lowest BCUT2D eigenvalue weighted by Gasteiger charge is -2.37. The highest BCUT2D eigenvalue weighted by molar-refractivity contribution is 5.50. The first-order chi connectivity index (χ1) is 17.7. The highest BCUT2D eigenvalue weighted by atomic mass is 16.7. The van der Waals surface area contributed by atoms with E-state index in [-0.39, 0.29) is 18.8 Å². The Morgan fingerprint density at radius 3 is 1.92 bits per heavy atom. The molecule has 4 aromatic rings. The number of nitrogens with one attached hydrogen (secondary N) is 1. The van der Waals surface area contributed by atoms with Crippen LogP contribution in [0.1, 0.15) is 22.3 Å². The molecule has 3 N–H and O–H groups in total. The number of H-pyrrole nitrogens is 1. The Balaban J connectivity index is 1.35. The van der Waals surface area contributed by atoms with E-state index in [4.69, 9.17) is 24.7 Å². The zero-order chi connectivity index (χ0) is 24.4. The van der Waals surface area contributed by atoms with Crippen LogP contribution in [0, 0.1) is 0 Å². The van der Waals surface area contributed by atoms with E-state index >= 15 is 0 Å². The molecule has 184 valence electrons. The van der Waals surface area contributed by atoms with Crippen LogP contribution in [0.2, 0.25) is 0 Å². The minimum absolute atomic E-state index is 0.286. The fourth-order valence-corrected chi connectivity index (χ4v) is 5.24. The van der Waals surface area contributed by atoms with Crippen LogP contribution in [0.4, 0.5) is 5.82 Å². The Labute approximate surface area is 210 Å². The van der Waals surface area contributed by atoms with Gasteiger partial charge in [0.05, 0.1) is 38.2 Å². The van der Waals surface area contributed by atoms with Crippen LogP contribution in [0.15, 0.2) is 97.2 Å². The molecule has 6 rings (SSSR count). The Hall–Kier alpha value is -3.49. The van der Waals surface area contributed by atoms with Crippen LogP contribution >= 0.6 is 0 Å². The number of hydrogen-bond acceptors (Lipinski definition) is 6. The molecule has 1 saturated carbocycles. The van der Waals surface area contributed by atoms with Crippen molar-refractivity contribution in [2.45, 2.75) is 43.2 Å². The number of ether oxygens (including phenoxy) is 4. The lowest BCUT2D eigenvalue weighted by atomic mass is 9.87. The highest BCUT2D eigenvalue weighted by Gasteiger charge is 2.84. The smallest absolute Gasteiger partial charge is 0.161 e. The number of benzene rings is 3. The molecule has 0 spiro atoms. The molecule has 7 heteroatoms. The Morgan fingerprint density at radius 2 is 1.36 bits per heavy atom. The van der Waals surface area contributed by atoms with Gasteiger partial charge in [0.2, 0.25) is 0 Å². The minimum atomic E-state index is -0.999. The first-order valence-corrected chi connectivity index (χ1v) is 12.2. The number of nitrogen functional groups attached to an aromatic ring is 1. The fourth-order valence-electron chi connectivity index (χ4n) is 5.24. The normalized spacial score (nSPS) is 26.6. The second kappa shape index (κ2) is 9.52. The van der Waals surface area contributed by atoms with E-state index in [0.717, 1.165) is 22.3 Å². The fraction of sp³-hybridized carbons (Fsp3) is 0.276. The van der Waals surface area contributed by atoms with Gasteiger partial charge in [-0.25, -0.2) is 0 Å². The third kappa shape index (κ3) is 3.90. The highest BCUT2D eigenvalue weighted by Crippen LogP contribution is 2.64. The van der Waals surface area contributed by atoms with E-state index in [1.165, 1.54) is 0 Å². The number of rotatable bonds is 10.